The SMILES string of the molecule is CC(C)CNC(=O)c1cc2cc(N(C)S(=O)(=O)c3ccc(Cl)cc3)ccc2s1. The minimum atomic E-state index is -3.71. The van der Waals surface area contributed by atoms with Crippen LogP contribution in [-0.4, -0.2) is 27.9 Å². The van der Waals surface area contributed by atoms with Crippen molar-refractivity contribution in [3.63, 3.8) is 0 Å². The van der Waals surface area contributed by atoms with E-state index in [1.807, 2.05) is 19.9 Å². The fourth-order valence-corrected chi connectivity index (χ4v) is 4.90. The first-order chi connectivity index (χ1) is 13.2. The van der Waals surface area contributed by atoms with Gasteiger partial charge in [0.1, 0.15) is 0 Å². The van der Waals surface area contributed by atoms with Crippen LogP contribution in [0.1, 0.15) is 23.5 Å². The molecule has 0 aliphatic carbocycles. The fraction of sp³-hybridized carbons (Fsp3) is 0.250. The van der Waals surface area contributed by atoms with Gasteiger partial charge in [-0.15, -0.1) is 11.3 Å². The molecule has 0 radical (unpaired) electrons. The van der Waals surface area contributed by atoms with E-state index in [2.05, 4.69) is 5.32 Å². The molecule has 0 fully saturated rings. The largest absolute Gasteiger partial charge is 0.351 e. The Bertz CT molecular complexity index is 1110. The molecule has 0 atom stereocenters. The highest BCUT2D eigenvalue weighted by atomic mass is 35.5. The van der Waals surface area contributed by atoms with Crippen LogP contribution in [0, 0.1) is 5.92 Å². The molecule has 1 heterocycles. The number of rotatable bonds is 6. The van der Waals surface area contributed by atoms with E-state index in [9.17, 15) is 13.2 Å². The lowest BCUT2D eigenvalue weighted by Crippen LogP contribution is -2.26. The number of halogens is 1. The third-order valence-electron chi connectivity index (χ3n) is 4.23. The first kappa shape index (κ1) is 20.6. The third kappa shape index (κ3) is 4.32. The van der Waals surface area contributed by atoms with Crippen molar-refractivity contribution >= 4 is 54.6 Å². The molecule has 0 aliphatic heterocycles. The van der Waals surface area contributed by atoms with Crippen molar-refractivity contribution < 1.29 is 13.2 Å². The molecular weight excluding hydrogens is 416 g/mol. The van der Waals surface area contributed by atoms with E-state index in [0.717, 1.165) is 10.1 Å². The zero-order chi connectivity index (χ0) is 20.5. The quantitative estimate of drug-likeness (QED) is 0.605. The Morgan fingerprint density at radius 1 is 1.14 bits per heavy atom. The Labute approximate surface area is 174 Å². The number of sulfonamides is 1. The zero-order valence-corrected chi connectivity index (χ0v) is 18.2. The second kappa shape index (κ2) is 8.11. The third-order valence-corrected chi connectivity index (χ3v) is 7.40. The van der Waals surface area contributed by atoms with Gasteiger partial charge < -0.3 is 5.32 Å². The number of benzene rings is 2. The number of anilines is 1. The van der Waals surface area contributed by atoms with Gasteiger partial charge in [-0.05, 0) is 59.8 Å². The first-order valence-corrected chi connectivity index (χ1v) is 11.4. The summed E-state index contributed by atoms with van der Waals surface area (Å²) in [6.45, 7) is 4.68. The van der Waals surface area contributed by atoms with Crippen molar-refractivity contribution in [2.24, 2.45) is 5.92 Å². The van der Waals surface area contributed by atoms with E-state index in [-0.39, 0.29) is 10.8 Å². The summed E-state index contributed by atoms with van der Waals surface area (Å²) in [5.41, 5.74) is 0.523. The summed E-state index contributed by atoms with van der Waals surface area (Å²) >= 11 is 7.24. The van der Waals surface area contributed by atoms with Gasteiger partial charge >= 0.3 is 0 Å². The standard InChI is InChI=1S/C20H21ClN2O3S2/c1-13(2)12-22-20(24)19-11-14-10-16(6-9-18(14)27-19)23(3)28(25,26)17-7-4-15(21)5-8-17/h4-11,13H,12H2,1-3H3,(H,22,24). The lowest BCUT2D eigenvalue weighted by Gasteiger charge is -2.19. The fourth-order valence-electron chi connectivity index (χ4n) is 2.63. The molecule has 0 saturated heterocycles. The van der Waals surface area contributed by atoms with Crippen molar-refractivity contribution in [2.45, 2.75) is 18.7 Å². The average molecular weight is 437 g/mol. The van der Waals surface area contributed by atoms with Crippen LogP contribution >= 0.6 is 22.9 Å². The highest BCUT2D eigenvalue weighted by Crippen LogP contribution is 2.31. The van der Waals surface area contributed by atoms with Gasteiger partial charge in [0.15, 0.2) is 0 Å². The van der Waals surface area contributed by atoms with Gasteiger partial charge in [-0.2, -0.15) is 0 Å². The van der Waals surface area contributed by atoms with Crippen LogP contribution in [0.5, 0.6) is 0 Å². The normalized spacial score (nSPS) is 11.8. The summed E-state index contributed by atoms with van der Waals surface area (Å²) in [5, 5.41) is 4.21. The van der Waals surface area contributed by atoms with Crippen molar-refractivity contribution in [3.05, 3.63) is 58.4 Å². The lowest BCUT2D eigenvalue weighted by atomic mass is 10.2. The van der Waals surface area contributed by atoms with Gasteiger partial charge in [0.25, 0.3) is 15.9 Å². The number of carbonyl (C=O) groups excluding carboxylic acids is 1. The first-order valence-electron chi connectivity index (χ1n) is 8.75. The molecule has 3 aromatic rings. The molecule has 28 heavy (non-hydrogen) atoms. The van der Waals surface area contributed by atoms with Crippen LogP contribution in [-0.2, 0) is 10.0 Å². The Morgan fingerprint density at radius 3 is 2.46 bits per heavy atom. The summed E-state index contributed by atoms with van der Waals surface area (Å²) in [4.78, 5) is 13.1. The van der Waals surface area contributed by atoms with Crippen LogP contribution in [0.25, 0.3) is 10.1 Å². The molecule has 8 heteroatoms. The maximum absolute atomic E-state index is 12.9. The summed E-state index contributed by atoms with van der Waals surface area (Å²) < 4.78 is 27.9. The van der Waals surface area contributed by atoms with Crippen LogP contribution in [0.4, 0.5) is 5.69 Å². The summed E-state index contributed by atoms with van der Waals surface area (Å²) in [6.07, 6.45) is 0. The molecule has 0 spiro atoms. The van der Waals surface area contributed by atoms with Crippen LogP contribution in [0.3, 0.4) is 0 Å². The number of carbonyl (C=O) groups is 1. The molecule has 0 saturated carbocycles. The van der Waals surface area contributed by atoms with Gasteiger partial charge in [0.05, 0.1) is 15.5 Å². The molecule has 148 valence electrons. The Kier molecular flexibility index (Phi) is 5.98. The number of amides is 1. The monoisotopic (exact) mass is 436 g/mol. The predicted molar refractivity (Wildman–Crippen MR) is 116 cm³/mol. The number of thiophene rings is 1. The number of fused-ring (bicyclic) bond motifs is 1. The van der Waals surface area contributed by atoms with E-state index in [1.165, 1.54) is 34.8 Å². The van der Waals surface area contributed by atoms with Crippen LogP contribution < -0.4 is 9.62 Å². The second-order valence-electron chi connectivity index (χ2n) is 6.86. The van der Waals surface area contributed by atoms with E-state index in [4.69, 9.17) is 11.6 Å². The lowest BCUT2D eigenvalue weighted by molar-refractivity contribution is 0.0953. The molecule has 1 aromatic heterocycles. The average Bonchev–Trinajstić information content (AvgIpc) is 3.09. The Morgan fingerprint density at radius 2 is 1.82 bits per heavy atom. The van der Waals surface area contributed by atoms with Crippen molar-refractivity contribution in [2.75, 3.05) is 17.9 Å². The van der Waals surface area contributed by atoms with Crippen molar-refractivity contribution in [1.82, 2.24) is 5.32 Å². The number of nitrogens with one attached hydrogen (secondary N) is 1. The summed E-state index contributed by atoms with van der Waals surface area (Å²) in [5.74, 6) is 0.259. The number of hydrogen-bond acceptors (Lipinski definition) is 4. The van der Waals surface area contributed by atoms with Crippen molar-refractivity contribution in [3.8, 4) is 0 Å². The molecule has 3 rings (SSSR count). The highest BCUT2D eigenvalue weighted by Gasteiger charge is 2.22. The van der Waals surface area contributed by atoms with Gasteiger partial charge in [0.2, 0.25) is 0 Å². The van der Waals surface area contributed by atoms with E-state index in [0.29, 0.717) is 28.0 Å². The van der Waals surface area contributed by atoms with E-state index in [1.54, 1.807) is 30.3 Å². The highest BCUT2D eigenvalue weighted by molar-refractivity contribution is 7.92. The maximum Gasteiger partial charge on any atom is 0.264 e. The molecule has 1 amide bonds. The minimum absolute atomic E-state index is 0.112. The van der Waals surface area contributed by atoms with Gasteiger partial charge in [-0.3, -0.25) is 9.10 Å². The summed E-state index contributed by atoms with van der Waals surface area (Å²) in [6, 6.07) is 13.2. The topological polar surface area (TPSA) is 66.5 Å². The van der Waals surface area contributed by atoms with Crippen molar-refractivity contribution in [1.29, 1.82) is 0 Å². The van der Waals surface area contributed by atoms with Crippen LogP contribution in [0.15, 0.2) is 53.4 Å². The Hall–Kier alpha value is -2.09. The Balaban J connectivity index is 1.89. The molecule has 0 bridgehead atoms. The van der Waals surface area contributed by atoms with E-state index >= 15 is 0 Å². The molecular formula is C20H21ClN2O3S2. The summed E-state index contributed by atoms with van der Waals surface area (Å²) in [7, 11) is -2.20. The molecule has 1 N–H and O–H groups in total. The van der Waals surface area contributed by atoms with Crippen LogP contribution in [0.2, 0.25) is 5.02 Å². The van der Waals surface area contributed by atoms with Gasteiger partial charge in [-0.1, -0.05) is 25.4 Å². The van der Waals surface area contributed by atoms with Gasteiger partial charge in [-0.25, -0.2) is 8.42 Å². The zero-order valence-electron chi connectivity index (χ0n) is 15.8. The molecule has 5 nitrogen and oxygen atoms in total. The second-order valence-corrected chi connectivity index (χ2v) is 10.4. The van der Waals surface area contributed by atoms with Gasteiger partial charge in [0, 0.05) is 23.3 Å². The molecule has 2 aromatic carbocycles. The maximum atomic E-state index is 12.9. The number of nitrogens with zero attached hydrogens (tertiary/aromatic N) is 1. The molecule has 0 aliphatic rings. The minimum Gasteiger partial charge on any atom is -0.351 e. The predicted octanol–water partition coefficient (Wildman–Crippen LogP) is 4.77. The molecule has 0 unspecified atom stereocenters. The number of hydrogen-bond donors (Lipinski definition) is 1. The smallest absolute Gasteiger partial charge is 0.264 e. The van der Waals surface area contributed by atoms with E-state index < -0.39 is 10.0 Å².